The second-order valence-corrected chi connectivity index (χ2v) is 5.41. The molecule has 0 heterocycles. The van der Waals surface area contributed by atoms with Crippen LogP contribution in [0.5, 0.6) is 0 Å². The second-order valence-electron chi connectivity index (χ2n) is 4.97. The number of hydrogen-bond donors (Lipinski definition) is 2. The molecule has 1 unspecified atom stereocenters. The molecule has 0 aliphatic heterocycles. The van der Waals surface area contributed by atoms with Crippen molar-refractivity contribution in [1.82, 2.24) is 5.32 Å². The van der Waals surface area contributed by atoms with E-state index in [0.29, 0.717) is 16.1 Å². The summed E-state index contributed by atoms with van der Waals surface area (Å²) >= 11 is 5.77. The van der Waals surface area contributed by atoms with Gasteiger partial charge in [0.15, 0.2) is 0 Å². The number of amides is 1. The topological polar surface area (TPSA) is 92.5 Å². The van der Waals surface area contributed by atoms with E-state index in [9.17, 15) is 20.0 Å². The quantitative estimate of drug-likeness (QED) is 0.627. The summed E-state index contributed by atoms with van der Waals surface area (Å²) in [7, 11) is 0. The van der Waals surface area contributed by atoms with E-state index in [0.717, 1.165) is 0 Å². The van der Waals surface area contributed by atoms with Gasteiger partial charge in [0.25, 0.3) is 5.69 Å². The molecule has 2 aromatic carbocycles. The number of halogens is 1. The van der Waals surface area contributed by atoms with Gasteiger partial charge in [-0.15, -0.1) is 0 Å². The number of rotatable bonds is 6. The number of nitro groups is 1. The molecular formula is C16H15ClN2O4. The van der Waals surface area contributed by atoms with E-state index >= 15 is 0 Å². The highest BCUT2D eigenvalue weighted by molar-refractivity contribution is 6.30. The Morgan fingerprint density at radius 2 is 1.78 bits per heavy atom. The summed E-state index contributed by atoms with van der Waals surface area (Å²) in [6, 6.07) is 12.5. The summed E-state index contributed by atoms with van der Waals surface area (Å²) in [5.41, 5.74) is 1.30. The van der Waals surface area contributed by atoms with E-state index < -0.39 is 11.0 Å². The van der Waals surface area contributed by atoms with Gasteiger partial charge in [0.05, 0.1) is 17.4 Å². The Morgan fingerprint density at radius 3 is 2.35 bits per heavy atom. The fourth-order valence-corrected chi connectivity index (χ4v) is 2.12. The number of nitrogens with one attached hydrogen (secondary N) is 1. The van der Waals surface area contributed by atoms with Crippen molar-refractivity contribution >= 4 is 23.2 Å². The molecule has 1 atom stereocenters. The molecule has 0 spiro atoms. The van der Waals surface area contributed by atoms with Crippen LogP contribution in [0.2, 0.25) is 5.02 Å². The number of non-ortho nitro benzene ring substituents is 1. The number of hydrogen-bond acceptors (Lipinski definition) is 4. The molecule has 23 heavy (non-hydrogen) atoms. The Labute approximate surface area is 137 Å². The first-order valence-electron chi connectivity index (χ1n) is 6.89. The zero-order valence-electron chi connectivity index (χ0n) is 12.1. The number of nitrogens with zero attached hydrogens (tertiary/aromatic N) is 1. The fraction of sp³-hybridized carbons (Fsp3) is 0.188. The lowest BCUT2D eigenvalue weighted by molar-refractivity contribution is -0.384. The molecule has 0 saturated carbocycles. The van der Waals surface area contributed by atoms with Crippen molar-refractivity contribution in [2.75, 3.05) is 6.54 Å². The third-order valence-electron chi connectivity index (χ3n) is 3.26. The third kappa shape index (κ3) is 5.05. The maximum atomic E-state index is 11.8. The highest BCUT2D eigenvalue weighted by atomic mass is 35.5. The lowest BCUT2D eigenvalue weighted by Crippen LogP contribution is -2.29. The molecule has 0 saturated heterocycles. The van der Waals surface area contributed by atoms with Gasteiger partial charge < -0.3 is 10.4 Å². The van der Waals surface area contributed by atoms with Gasteiger partial charge in [-0.05, 0) is 23.3 Å². The lowest BCUT2D eigenvalue weighted by atomic mass is 10.1. The molecule has 1 amide bonds. The van der Waals surface area contributed by atoms with Crippen LogP contribution in [-0.4, -0.2) is 22.5 Å². The smallest absolute Gasteiger partial charge is 0.269 e. The molecular weight excluding hydrogens is 320 g/mol. The van der Waals surface area contributed by atoms with Gasteiger partial charge in [0.2, 0.25) is 5.91 Å². The van der Waals surface area contributed by atoms with Crippen LogP contribution in [0.25, 0.3) is 0 Å². The molecule has 0 aromatic heterocycles. The number of benzene rings is 2. The highest BCUT2D eigenvalue weighted by Crippen LogP contribution is 2.16. The van der Waals surface area contributed by atoms with E-state index in [1.807, 2.05) is 0 Å². The van der Waals surface area contributed by atoms with Gasteiger partial charge in [-0.3, -0.25) is 14.9 Å². The predicted octanol–water partition coefficient (Wildman–Crippen LogP) is 2.64. The second kappa shape index (κ2) is 7.71. The molecule has 7 heteroatoms. The Kier molecular flexibility index (Phi) is 5.67. The van der Waals surface area contributed by atoms with Crippen LogP contribution in [0, 0.1) is 10.1 Å². The lowest BCUT2D eigenvalue weighted by Gasteiger charge is -2.12. The van der Waals surface area contributed by atoms with Gasteiger partial charge in [0.1, 0.15) is 0 Å². The minimum Gasteiger partial charge on any atom is -0.387 e. The maximum Gasteiger partial charge on any atom is 0.269 e. The first-order chi connectivity index (χ1) is 11.0. The first-order valence-corrected chi connectivity index (χ1v) is 7.27. The third-order valence-corrected chi connectivity index (χ3v) is 3.51. The molecule has 0 aliphatic carbocycles. The summed E-state index contributed by atoms with van der Waals surface area (Å²) in [5.74, 6) is -0.271. The average Bonchev–Trinajstić information content (AvgIpc) is 2.54. The standard InChI is InChI=1S/C16H15ClN2O4/c17-13-5-3-12(4-6-13)15(20)10-18-16(21)9-11-1-7-14(8-2-11)19(22)23/h1-8,15,20H,9-10H2,(H,18,21). The summed E-state index contributed by atoms with van der Waals surface area (Å²) in [6.45, 7) is 0.0768. The SMILES string of the molecule is O=C(Cc1ccc([N+](=O)[O-])cc1)NCC(O)c1ccc(Cl)cc1. The highest BCUT2D eigenvalue weighted by Gasteiger charge is 2.11. The van der Waals surface area contributed by atoms with Crippen LogP contribution >= 0.6 is 11.6 Å². The van der Waals surface area contributed by atoms with Gasteiger partial charge in [-0.25, -0.2) is 0 Å². The van der Waals surface area contributed by atoms with E-state index in [1.165, 1.54) is 24.3 Å². The minimum atomic E-state index is -0.826. The average molecular weight is 335 g/mol. The molecule has 6 nitrogen and oxygen atoms in total. The minimum absolute atomic E-state index is 0.0210. The first kappa shape index (κ1) is 16.9. The number of carbonyl (C=O) groups is 1. The zero-order valence-corrected chi connectivity index (χ0v) is 12.9. The molecule has 2 N–H and O–H groups in total. The van der Waals surface area contributed by atoms with E-state index in [2.05, 4.69) is 5.32 Å². The molecule has 2 rings (SSSR count). The number of aliphatic hydroxyl groups excluding tert-OH is 1. The molecule has 120 valence electrons. The predicted molar refractivity (Wildman–Crippen MR) is 86.2 cm³/mol. The molecule has 0 radical (unpaired) electrons. The molecule has 0 fully saturated rings. The van der Waals surface area contributed by atoms with Crippen molar-refractivity contribution in [3.05, 3.63) is 74.8 Å². The summed E-state index contributed by atoms with van der Waals surface area (Å²) in [6.07, 6.45) is -0.737. The summed E-state index contributed by atoms with van der Waals surface area (Å²) < 4.78 is 0. The van der Waals surface area contributed by atoms with Gasteiger partial charge in [-0.2, -0.15) is 0 Å². The van der Waals surface area contributed by atoms with Crippen molar-refractivity contribution in [3.63, 3.8) is 0 Å². The number of carbonyl (C=O) groups excluding carboxylic acids is 1. The number of nitro benzene ring substituents is 1. The number of aliphatic hydroxyl groups is 1. The largest absolute Gasteiger partial charge is 0.387 e. The van der Waals surface area contributed by atoms with Crippen molar-refractivity contribution in [3.8, 4) is 0 Å². The van der Waals surface area contributed by atoms with Gasteiger partial charge in [0, 0.05) is 23.7 Å². The molecule has 0 bridgehead atoms. The maximum absolute atomic E-state index is 11.8. The summed E-state index contributed by atoms with van der Waals surface area (Å²) in [4.78, 5) is 21.9. The van der Waals surface area contributed by atoms with E-state index in [4.69, 9.17) is 11.6 Å². The Balaban J connectivity index is 1.84. The Morgan fingerprint density at radius 1 is 1.17 bits per heavy atom. The molecule has 2 aromatic rings. The van der Waals surface area contributed by atoms with Crippen molar-refractivity contribution in [2.45, 2.75) is 12.5 Å². The van der Waals surface area contributed by atoms with Crippen molar-refractivity contribution < 1.29 is 14.8 Å². The molecule has 0 aliphatic rings. The normalized spacial score (nSPS) is 11.7. The van der Waals surface area contributed by atoms with Crippen LogP contribution in [0.1, 0.15) is 17.2 Å². The van der Waals surface area contributed by atoms with E-state index in [-0.39, 0.29) is 24.6 Å². The van der Waals surface area contributed by atoms with E-state index in [1.54, 1.807) is 24.3 Å². The van der Waals surface area contributed by atoms with Crippen LogP contribution in [0.3, 0.4) is 0 Å². The monoisotopic (exact) mass is 334 g/mol. The van der Waals surface area contributed by atoms with Gasteiger partial charge in [-0.1, -0.05) is 35.9 Å². The van der Waals surface area contributed by atoms with Crippen LogP contribution in [0.4, 0.5) is 5.69 Å². The van der Waals surface area contributed by atoms with Crippen LogP contribution in [0.15, 0.2) is 48.5 Å². The zero-order chi connectivity index (χ0) is 16.8. The Hall–Kier alpha value is -2.44. The Bertz CT molecular complexity index is 686. The van der Waals surface area contributed by atoms with Gasteiger partial charge >= 0.3 is 0 Å². The fourth-order valence-electron chi connectivity index (χ4n) is 2.00. The van der Waals surface area contributed by atoms with Crippen LogP contribution in [-0.2, 0) is 11.2 Å². The summed E-state index contributed by atoms with van der Waals surface area (Å²) in [5, 5.41) is 23.7. The van der Waals surface area contributed by atoms with Crippen molar-refractivity contribution in [1.29, 1.82) is 0 Å². The van der Waals surface area contributed by atoms with Crippen molar-refractivity contribution in [2.24, 2.45) is 0 Å². The van der Waals surface area contributed by atoms with Crippen LogP contribution < -0.4 is 5.32 Å².